The van der Waals surface area contributed by atoms with Crippen molar-refractivity contribution in [1.82, 2.24) is 10.2 Å². The van der Waals surface area contributed by atoms with Crippen molar-refractivity contribution in [3.05, 3.63) is 39.6 Å². The summed E-state index contributed by atoms with van der Waals surface area (Å²) in [5, 5.41) is 15.6. The zero-order valence-corrected chi connectivity index (χ0v) is 11.7. The highest BCUT2D eigenvalue weighted by molar-refractivity contribution is 6.43. The van der Waals surface area contributed by atoms with Crippen LogP contribution >= 0.6 is 23.2 Å². The number of benzene rings is 1. The van der Waals surface area contributed by atoms with Gasteiger partial charge in [0.15, 0.2) is 6.61 Å². The highest BCUT2D eigenvalue weighted by atomic mass is 35.5. The van der Waals surface area contributed by atoms with Gasteiger partial charge in [0.05, 0.1) is 28.0 Å². The number of nitrogens with one attached hydrogen (secondary N) is 1. The average molecular weight is 312 g/mol. The number of nitrogens with two attached hydrogens (primary N) is 2. The molecule has 1 heterocycles. The molecule has 1 aromatic heterocycles. The summed E-state index contributed by atoms with van der Waals surface area (Å²) in [5.41, 5.74) is 13.5. The van der Waals surface area contributed by atoms with E-state index in [1.807, 2.05) is 6.07 Å². The number of hydrogen-bond acceptors (Lipinski definition) is 5. The monoisotopic (exact) mass is 311 g/mol. The van der Waals surface area contributed by atoms with E-state index in [0.717, 1.165) is 0 Å². The second-order valence-corrected chi connectivity index (χ2v) is 4.74. The Morgan fingerprint density at radius 1 is 1.50 bits per heavy atom. The fourth-order valence-electron chi connectivity index (χ4n) is 1.78. The number of nitrogens with zero attached hydrogens (tertiary/aromatic N) is 2. The number of nitrogen functional groups attached to an aromatic ring is 1. The second kappa shape index (κ2) is 6.01. The van der Waals surface area contributed by atoms with Crippen molar-refractivity contribution in [3.63, 3.8) is 0 Å². The van der Waals surface area contributed by atoms with Crippen LogP contribution in [0, 0.1) is 11.3 Å². The summed E-state index contributed by atoms with van der Waals surface area (Å²) in [6, 6.07) is 2.77. The van der Waals surface area contributed by atoms with Gasteiger partial charge >= 0.3 is 0 Å². The molecular formula is C12H11Cl2N5O. The highest BCUT2D eigenvalue weighted by Gasteiger charge is 2.22. The molecule has 0 aliphatic carbocycles. The van der Waals surface area contributed by atoms with Crippen LogP contribution < -0.4 is 16.2 Å². The number of aromatic nitrogens is 2. The van der Waals surface area contributed by atoms with Crippen LogP contribution in [0.25, 0.3) is 0 Å². The van der Waals surface area contributed by atoms with E-state index in [4.69, 9.17) is 44.7 Å². The average Bonchev–Trinajstić information content (AvgIpc) is 2.96. The number of anilines is 1. The molecule has 0 bridgehead atoms. The molecule has 0 aliphatic heterocycles. The molecule has 0 saturated heterocycles. The van der Waals surface area contributed by atoms with Crippen LogP contribution in [0.1, 0.15) is 17.2 Å². The number of hydrogen-bond donors (Lipinski definition) is 3. The smallest absolute Gasteiger partial charge is 0.174 e. The predicted molar refractivity (Wildman–Crippen MR) is 76.6 cm³/mol. The maximum absolute atomic E-state index is 8.62. The summed E-state index contributed by atoms with van der Waals surface area (Å²) >= 11 is 12.0. The van der Waals surface area contributed by atoms with Gasteiger partial charge in [0, 0.05) is 23.4 Å². The molecule has 0 amide bonds. The molecule has 1 unspecified atom stereocenters. The third-order valence-corrected chi connectivity index (χ3v) is 3.54. The van der Waals surface area contributed by atoms with Crippen molar-refractivity contribution in [3.8, 4) is 11.8 Å². The predicted octanol–water partition coefficient (Wildman–Crippen LogP) is 2.25. The number of aromatic amines is 1. The maximum atomic E-state index is 8.62. The number of rotatable bonds is 4. The fourth-order valence-corrected chi connectivity index (χ4v) is 2.14. The largest absolute Gasteiger partial charge is 0.478 e. The molecule has 0 fully saturated rings. The first-order valence-corrected chi connectivity index (χ1v) is 6.33. The normalized spacial score (nSPS) is 11.9. The highest BCUT2D eigenvalue weighted by Crippen LogP contribution is 2.41. The van der Waals surface area contributed by atoms with Crippen LogP contribution in [0.4, 0.5) is 5.69 Å². The molecule has 2 aromatic rings. The zero-order chi connectivity index (χ0) is 14.7. The van der Waals surface area contributed by atoms with E-state index in [-0.39, 0.29) is 22.3 Å². The van der Waals surface area contributed by atoms with Crippen LogP contribution in [-0.4, -0.2) is 16.8 Å². The Balaban J connectivity index is 2.54. The van der Waals surface area contributed by atoms with Crippen molar-refractivity contribution in [2.75, 3.05) is 12.3 Å². The minimum atomic E-state index is -0.600. The van der Waals surface area contributed by atoms with Crippen molar-refractivity contribution in [2.45, 2.75) is 6.04 Å². The molecule has 1 atom stereocenters. The lowest BCUT2D eigenvalue weighted by molar-refractivity contribution is 0.363. The molecule has 0 spiro atoms. The van der Waals surface area contributed by atoms with E-state index in [1.54, 1.807) is 12.4 Å². The van der Waals surface area contributed by atoms with Crippen molar-refractivity contribution in [2.24, 2.45) is 5.73 Å². The zero-order valence-electron chi connectivity index (χ0n) is 10.2. The van der Waals surface area contributed by atoms with E-state index in [9.17, 15) is 0 Å². The SMILES string of the molecule is N#CCOc1cc(Cl)c(Cl)c(N)c1C(N)c1cn[nH]c1. The van der Waals surface area contributed by atoms with Crippen LogP contribution in [-0.2, 0) is 0 Å². The molecule has 104 valence electrons. The van der Waals surface area contributed by atoms with E-state index in [2.05, 4.69) is 10.2 Å². The first kappa shape index (κ1) is 14.5. The van der Waals surface area contributed by atoms with Gasteiger partial charge in [0.25, 0.3) is 0 Å². The first-order chi connectivity index (χ1) is 9.56. The minimum absolute atomic E-state index is 0.150. The molecule has 1 aromatic carbocycles. The number of nitriles is 1. The number of H-pyrrole nitrogens is 1. The molecular weight excluding hydrogens is 301 g/mol. The first-order valence-electron chi connectivity index (χ1n) is 5.57. The Morgan fingerprint density at radius 2 is 2.25 bits per heavy atom. The minimum Gasteiger partial charge on any atom is -0.478 e. The Labute approximate surface area is 125 Å². The molecule has 0 saturated carbocycles. The van der Waals surface area contributed by atoms with Crippen LogP contribution in [0.2, 0.25) is 10.0 Å². The van der Waals surface area contributed by atoms with Gasteiger partial charge in [-0.3, -0.25) is 5.10 Å². The number of ether oxygens (including phenoxy) is 1. The molecule has 0 radical (unpaired) electrons. The lowest BCUT2D eigenvalue weighted by atomic mass is 9.99. The summed E-state index contributed by atoms with van der Waals surface area (Å²) < 4.78 is 5.33. The topological polar surface area (TPSA) is 114 Å². The Bertz CT molecular complexity index is 651. The number of halogens is 2. The van der Waals surface area contributed by atoms with Crippen LogP contribution in [0.15, 0.2) is 18.5 Å². The molecule has 6 nitrogen and oxygen atoms in total. The second-order valence-electron chi connectivity index (χ2n) is 3.95. The van der Waals surface area contributed by atoms with E-state index < -0.39 is 6.04 Å². The van der Waals surface area contributed by atoms with Gasteiger partial charge in [-0.25, -0.2) is 0 Å². The third kappa shape index (κ3) is 2.65. The van der Waals surface area contributed by atoms with Gasteiger partial charge in [-0.1, -0.05) is 23.2 Å². The molecule has 20 heavy (non-hydrogen) atoms. The maximum Gasteiger partial charge on any atom is 0.174 e. The molecule has 0 aliphatic rings. The summed E-state index contributed by atoms with van der Waals surface area (Å²) in [5.74, 6) is 0.326. The summed E-state index contributed by atoms with van der Waals surface area (Å²) in [6.07, 6.45) is 3.21. The van der Waals surface area contributed by atoms with Crippen LogP contribution in [0.3, 0.4) is 0 Å². The van der Waals surface area contributed by atoms with Gasteiger partial charge in [-0.2, -0.15) is 10.4 Å². The van der Waals surface area contributed by atoms with Crippen molar-refractivity contribution < 1.29 is 4.74 Å². The Kier molecular flexibility index (Phi) is 4.35. The summed E-state index contributed by atoms with van der Waals surface area (Å²) in [6.45, 7) is -0.150. The quantitative estimate of drug-likeness (QED) is 0.749. The standard InChI is InChI=1S/C12H11Cl2N5O/c13-7-3-8(20-2-1-15)9(12(17)10(7)14)11(16)6-4-18-19-5-6/h3-5,11H,2,16-17H2,(H,18,19). The molecule has 2 rings (SSSR count). The van der Waals surface area contributed by atoms with Crippen LogP contribution in [0.5, 0.6) is 5.75 Å². The van der Waals surface area contributed by atoms with Gasteiger partial charge < -0.3 is 16.2 Å². The Hall–Kier alpha value is -1.94. The van der Waals surface area contributed by atoms with E-state index in [0.29, 0.717) is 16.9 Å². The Morgan fingerprint density at radius 3 is 2.85 bits per heavy atom. The fraction of sp³-hybridized carbons (Fsp3) is 0.167. The molecule has 5 N–H and O–H groups in total. The lowest BCUT2D eigenvalue weighted by Gasteiger charge is -2.19. The van der Waals surface area contributed by atoms with Crippen molar-refractivity contribution >= 4 is 28.9 Å². The summed E-state index contributed by atoms with van der Waals surface area (Å²) in [4.78, 5) is 0. The molecule has 8 heteroatoms. The lowest BCUT2D eigenvalue weighted by Crippen LogP contribution is -2.15. The third-order valence-electron chi connectivity index (χ3n) is 2.74. The van der Waals surface area contributed by atoms with Gasteiger partial charge in [-0.05, 0) is 0 Å². The summed E-state index contributed by atoms with van der Waals surface area (Å²) in [7, 11) is 0. The van der Waals surface area contributed by atoms with E-state index in [1.165, 1.54) is 6.07 Å². The van der Waals surface area contributed by atoms with Crippen molar-refractivity contribution in [1.29, 1.82) is 5.26 Å². The van der Waals surface area contributed by atoms with Gasteiger partial charge in [-0.15, -0.1) is 0 Å². The van der Waals surface area contributed by atoms with E-state index >= 15 is 0 Å². The van der Waals surface area contributed by atoms with Gasteiger partial charge in [0.1, 0.15) is 11.8 Å². The van der Waals surface area contributed by atoms with Gasteiger partial charge in [0.2, 0.25) is 0 Å².